The summed E-state index contributed by atoms with van der Waals surface area (Å²) >= 11 is 5.92. The molecule has 1 amide bonds. The van der Waals surface area contributed by atoms with E-state index in [1.165, 1.54) is 29.2 Å². The normalized spacial score (nSPS) is 14.7. The van der Waals surface area contributed by atoms with E-state index >= 15 is 4.39 Å². The van der Waals surface area contributed by atoms with Crippen molar-refractivity contribution >= 4 is 35.8 Å². The molecule has 0 unspecified atom stereocenters. The van der Waals surface area contributed by atoms with Crippen LogP contribution >= 0.6 is 11.6 Å². The standard InChI is InChI=1S/C23H23ClF4N4O3/c1-29-30-23(35-14-21(27)28)15-2-3-16(20(26)10-15)12-32(17-4-5-19(25)18(24)11-17)22(33)13-31-6-8-34-9-7-31/h2-5,10-11,21H,1,6-9,12-14H2/b30-23-. The fourth-order valence-corrected chi connectivity index (χ4v) is 3.54. The van der Waals surface area contributed by atoms with E-state index < -0.39 is 24.7 Å². The minimum Gasteiger partial charge on any atom is -0.470 e. The van der Waals surface area contributed by atoms with Gasteiger partial charge in [-0.25, -0.2) is 17.6 Å². The molecule has 0 saturated carbocycles. The molecule has 1 saturated heterocycles. The van der Waals surface area contributed by atoms with Crippen LogP contribution in [0.3, 0.4) is 0 Å². The van der Waals surface area contributed by atoms with Gasteiger partial charge in [-0.15, -0.1) is 5.10 Å². The van der Waals surface area contributed by atoms with Crippen molar-refractivity contribution in [2.45, 2.75) is 13.0 Å². The SMILES string of the molecule is C=N/N=C(\OCC(F)F)c1ccc(CN(C(=O)CN2CCOCC2)c2ccc(F)c(Cl)c2)c(F)c1. The highest BCUT2D eigenvalue weighted by Gasteiger charge is 2.23. The van der Waals surface area contributed by atoms with E-state index in [9.17, 15) is 18.0 Å². The van der Waals surface area contributed by atoms with Crippen LogP contribution in [0.2, 0.25) is 5.02 Å². The van der Waals surface area contributed by atoms with E-state index in [1.54, 1.807) is 0 Å². The molecule has 35 heavy (non-hydrogen) atoms. The molecule has 0 radical (unpaired) electrons. The highest BCUT2D eigenvalue weighted by Crippen LogP contribution is 2.26. The van der Waals surface area contributed by atoms with Crippen LogP contribution in [-0.4, -0.2) is 69.3 Å². The first-order chi connectivity index (χ1) is 16.8. The average molecular weight is 515 g/mol. The molecular weight excluding hydrogens is 492 g/mol. The Morgan fingerprint density at radius 3 is 2.54 bits per heavy atom. The van der Waals surface area contributed by atoms with Gasteiger partial charge in [0.05, 0.1) is 31.3 Å². The number of morpholine rings is 1. The third-order valence-corrected chi connectivity index (χ3v) is 5.40. The van der Waals surface area contributed by atoms with Gasteiger partial charge >= 0.3 is 0 Å². The van der Waals surface area contributed by atoms with E-state index in [2.05, 4.69) is 16.9 Å². The van der Waals surface area contributed by atoms with Crippen molar-refractivity contribution in [2.75, 3.05) is 44.4 Å². The molecule has 12 heteroatoms. The van der Waals surface area contributed by atoms with E-state index in [1.807, 2.05) is 4.90 Å². The van der Waals surface area contributed by atoms with E-state index in [0.29, 0.717) is 26.3 Å². The largest absolute Gasteiger partial charge is 0.470 e. The van der Waals surface area contributed by atoms with E-state index in [4.69, 9.17) is 21.1 Å². The lowest BCUT2D eigenvalue weighted by Crippen LogP contribution is -2.44. The van der Waals surface area contributed by atoms with Crippen molar-refractivity contribution in [3.05, 3.63) is 64.2 Å². The molecule has 1 fully saturated rings. The summed E-state index contributed by atoms with van der Waals surface area (Å²) in [6, 6.07) is 7.60. The Hall–Kier alpha value is -3.02. The fraction of sp³-hybridized carbons (Fsp3) is 0.348. The number of benzene rings is 2. The first-order valence-electron chi connectivity index (χ1n) is 10.6. The molecule has 2 aromatic rings. The number of nitrogens with zero attached hydrogens (tertiary/aromatic N) is 4. The van der Waals surface area contributed by atoms with Gasteiger partial charge in [0.25, 0.3) is 6.43 Å². The summed E-state index contributed by atoms with van der Waals surface area (Å²) in [7, 11) is 0. The van der Waals surface area contributed by atoms with Crippen LogP contribution in [0.1, 0.15) is 11.1 Å². The zero-order valence-electron chi connectivity index (χ0n) is 18.6. The Morgan fingerprint density at radius 2 is 1.91 bits per heavy atom. The molecule has 0 atom stereocenters. The monoisotopic (exact) mass is 514 g/mol. The smallest absolute Gasteiger partial charge is 0.272 e. The van der Waals surface area contributed by atoms with Crippen LogP contribution < -0.4 is 4.90 Å². The molecule has 1 aliphatic rings. The van der Waals surface area contributed by atoms with Crippen LogP contribution in [0.4, 0.5) is 23.2 Å². The lowest BCUT2D eigenvalue weighted by atomic mass is 10.1. The van der Waals surface area contributed by atoms with Crippen LogP contribution in [0.15, 0.2) is 46.6 Å². The molecule has 0 N–H and O–H groups in total. The molecule has 188 valence electrons. The molecule has 0 bridgehead atoms. The van der Waals surface area contributed by atoms with Crippen LogP contribution in [0, 0.1) is 11.6 Å². The number of hydrogen-bond donors (Lipinski definition) is 0. The lowest BCUT2D eigenvalue weighted by Gasteiger charge is -2.30. The van der Waals surface area contributed by atoms with Crippen LogP contribution in [-0.2, 0) is 20.8 Å². The van der Waals surface area contributed by atoms with E-state index in [0.717, 1.165) is 12.1 Å². The quantitative estimate of drug-likeness (QED) is 0.218. The molecular formula is C23H23ClF4N4O3. The number of rotatable bonds is 9. The summed E-state index contributed by atoms with van der Waals surface area (Å²) in [5, 5.41) is 6.61. The highest BCUT2D eigenvalue weighted by atomic mass is 35.5. The summed E-state index contributed by atoms with van der Waals surface area (Å²) in [5.74, 6) is -2.07. The van der Waals surface area contributed by atoms with Crippen molar-refractivity contribution in [3.8, 4) is 0 Å². The van der Waals surface area contributed by atoms with Gasteiger partial charge in [-0.2, -0.15) is 5.10 Å². The topological polar surface area (TPSA) is 66.7 Å². The van der Waals surface area contributed by atoms with Gasteiger partial charge in [0.15, 0.2) is 6.61 Å². The maximum atomic E-state index is 15.0. The minimum atomic E-state index is -2.76. The maximum absolute atomic E-state index is 15.0. The second kappa shape index (κ2) is 12.6. The third kappa shape index (κ3) is 7.48. The molecule has 2 aromatic carbocycles. The van der Waals surface area contributed by atoms with Gasteiger partial charge in [-0.3, -0.25) is 9.69 Å². The van der Waals surface area contributed by atoms with Crippen molar-refractivity contribution in [2.24, 2.45) is 10.2 Å². The first-order valence-corrected chi connectivity index (χ1v) is 10.9. The minimum absolute atomic E-state index is 0.0430. The van der Waals surface area contributed by atoms with Gasteiger partial charge in [0, 0.05) is 36.6 Å². The number of hydrogen-bond acceptors (Lipinski definition) is 6. The fourth-order valence-electron chi connectivity index (χ4n) is 3.37. The third-order valence-electron chi connectivity index (χ3n) is 5.11. The molecule has 7 nitrogen and oxygen atoms in total. The number of amides is 1. The second-order valence-corrected chi connectivity index (χ2v) is 7.93. The number of carbonyl (C=O) groups is 1. The van der Waals surface area contributed by atoms with Crippen molar-refractivity contribution < 1.29 is 31.8 Å². The number of anilines is 1. The van der Waals surface area contributed by atoms with Crippen molar-refractivity contribution in [1.29, 1.82) is 0 Å². The molecule has 0 spiro atoms. The zero-order valence-corrected chi connectivity index (χ0v) is 19.4. The van der Waals surface area contributed by atoms with Gasteiger partial charge in [-0.1, -0.05) is 17.7 Å². The lowest BCUT2D eigenvalue weighted by molar-refractivity contribution is -0.120. The Morgan fingerprint density at radius 1 is 1.17 bits per heavy atom. The summed E-state index contributed by atoms with van der Waals surface area (Å²) < 4.78 is 64.0. The first kappa shape index (κ1) is 26.6. The summed E-state index contributed by atoms with van der Waals surface area (Å²) in [4.78, 5) is 16.4. The molecule has 0 aromatic heterocycles. The maximum Gasteiger partial charge on any atom is 0.272 e. The van der Waals surface area contributed by atoms with E-state index in [-0.39, 0.29) is 46.7 Å². The van der Waals surface area contributed by atoms with Gasteiger partial charge in [0.2, 0.25) is 11.8 Å². The second-order valence-electron chi connectivity index (χ2n) is 7.52. The molecule has 1 heterocycles. The van der Waals surface area contributed by atoms with Crippen molar-refractivity contribution in [1.82, 2.24) is 4.90 Å². The highest BCUT2D eigenvalue weighted by molar-refractivity contribution is 6.31. The summed E-state index contributed by atoms with van der Waals surface area (Å²) in [6.45, 7) is 4.15. The Bertz CT molecular complexity index is 1080. The van der Waals surface area contributed by atoms with Crippen molar-refractivity contribution in [3.63, 3.8) is 0 Å². The van der Waals surface area contributed by atoms with Gasteiger partial charge in [0.1, 0.15) is 11.6 Å². The Kier molecular flexibility index (Phi) is 9.58. The molecule has 1 aliphatic heterocycles. The molecule has 0 aliphatic carbocycles. The number of alkyl halides is 2. The van der Waals surface area contributed by atoms with Crippen LogP contribution in [0.5, 0.6) is 0 Å². The number of halogens is 5. The average Bonchev–Trinajstić information content (AvgIpc) is 2.83. The number of carbonyl (C=O) groups excluding carboxylic acids is 1. The summed E-state index contributed by atoms with van der Waals surface area (Å²) in [5.41, 5.74) is 0.469. The van der Waals surface area contributed by atoms with Gasteiger partial charge < -0.3 is 14.4 Å². The Labute approximate surface area is 204 Å². The zero-order chi connectivity index (χ0) is 25.4. The molecule has 3 rings (SSSR count). The predicted octanol–water partition coefficient (Wildman–Crippen LogP) is 4.13. The van der Waals surface area contributed by atoms with Gasteiger partial charge in [-0.05, 0) is 30.3 Å². The predicted molar refractivity (Wildman–Crippen MR) is 124 cm³/mol. The summed E-state index contributed by atoms with van der Waals surface area (Å²) in [6.07, 6.45) is -2.76. The van der Waals surface area contributed by atoms with Crippen LogP contribution in [0.25, 0.3) is 0 Å². The number of ether oxygens (including phenoxy) is 2. The Balaban J connectivity index is 1.86.